The molecule has 5 nitrogen and oxygen atoms in total. The molecule has 0 aromatic heterocycles. The first-order chi connectivity index (χ1) is 9.31. The van der Waals surface area contributed by atoms with Crippen molar-refractivity contribution in [1.29, 1.82) is 0 Å². The van der Waals surface area contributed by atoms with Crippen LogP contribution in [0.15, 0.2) is 17.0 Å². The van der Waals surface area contributed by atoms with Crippen LogP contribution in [-0.2, 0) is 10.0 Å². The van der Waals surface area contributed by atoms with Crippen LogP contribution in [0.4, 0.5) is 10.1 Å². The fourth-order valence-electron chi connectivity index (χ4n) is 1.83. The molecule has 0 unspecified atom stereocenters. The van der Waals surface area contributed by atoms with Crippen LogP contribution in [0.1, 0.15) is 19.4 Å². The van der Waals surface area contributed by atoms with Crippen LogP contribution < -0.4 is 10.5 Å². The molecule has 0 heterocycles. The third-order valence-corrected chi connectivity index (χ3v) is 4.70. The van der Waals surface area contributed by atoms with Gasteiger partial charge in [-0.3, -0.25) is 0 Å². The highest BCUT2D eigenvalue weighted by Gasteiger charge is 2.20. The molecule has 0 atom stereocenters. The highest BCUT2D eigenvalue weighted by atomic mass is 32.2. The van der Waals surface area contributed by atoms with Gasteiger partial charge in [0.05, 0.1) is 0 Å². The number of sulfonamides is 1. The van der Waals surface area contributed by atoms with Crippen molar-refractivity contribution in [2.45, 2.75) is 25.7 Å². The van der Waals surface area contributed by atoms with Gasteiger partial charge in [-0.2, -0.15) is 0 Å². The molecule has 114 valence electrons. The lowest BCUT2D eigenvalue weighted by molar-refractivity contribution is 0.309. The van der Waals surface area contributed by atoms with E-state index >= 15 is 0 Å². The Kier molecular flexibility index (Phi) is 5.91. The second kappa shape index (κ2) is 7.01. The molecule has 1 aromatic carbocycles. The van der Waals surface area contributed by atoms with Crippen molar-refractivity contribution in [3.63, 3.8) is 0 Å². The highest BCUT2D eigenvalue weighted by Crippen LogP contribution is 2.21. The summed E-state index contributed by atoms with van der Waals surface area (Å²) in [6, 6.07) is 2.29. The van der Waals surface area contributed by atoms with Crippen molar-refractivity contribution in [3.8, 4) is 0 Å². The normalized spacial score (nSPS) is 12.1. The van der Waals surface area contributed by atoms with Crippen molar-refractivity contribution in [2.24, 2.45) is 0 Å². The molecule has 0 fully saturated rings. The summed E-state index contributed by atoms with van der Waals surface area (Å²) in [6.45, 7) is 8.11. The van der Waals surface area contributed by atoms with Crippen LogP contribution in [0.25, 0.3) is 0 Å². The summed E-state index contributed by atoms with van der Waals surface area (Å²) in [5.74, 6) is -0.785. The average molecular weight is 303 g/mol. The van der Waals surface area contributed by atoms with Gasteiger partial charge in [-0.25, -0.2) is 17.5 Å². The third-order valence-electron chi connectivity index (χ3n) is 3.22. The third kappa shape index (κ3) is 4.16. The lowest BCUT2D eigenvalue weighted by Crippen LogP contribution is -2.35. The van der Waals surface area contributed by atoms with E-state index in [-0.39, 0.29) is 12.2 Å². The van der Waals surface area contributed by atoms with Crippen LogP contribution in [0, 0.1) is 12.7 Å². The molecule has 0 radical (unpaired) electrons. The van der Waals surface area contributed by atoms with Gasteiger partial charge in [0.25, 0.3) is 0 Å². The van der Waals surface area contributed by atoms with E-state index in [1.807, 2.05) is 13.8 Å². The Bertz CT molecular complexity index is 557. The Hall–Kier alpha value is -1.18. The number of benzene rings is 1. The number of nitrogens with two attached hydrogens (primary N) is 1. The number of nitrogen functional groups attached to an aromatic ring is 1. The molecule has 3 N–H and O–H groups in total. The molecule has 7 heteroatoms. The van der Waals surface area contributed by atoms with E-state index in [2.05, 4.69) is 9.62 Å². The van der Waals surface area contributed by atoms with Gasteiger partial charge in [0.15, 0.2) is 0 Å². The number of rotatable bonds is 7. The monoisotopic (exact) mass is 303 g/mol. The zero-order chi connectivity index (χ0) is 15.3. The summed E-state index contributed by atoms with van der Waals surface area (Å²) in [5, 5.41) is 0. The van der Waals surface area contributed by atoms with E-state index in [1.165, 1.54) is 0 Å². The summed E-state index contributed by atoms with van der Waals surface area (Å²) in [6.07, 6.45) is 0. The van der Waals surface area contributed by atoms with Gasteiger partial charge >= 0.3 is 0 Å². The number of halogens is 1. The van der Waals surface area contributed by atoms with Gasteiger partial charge < -0.3 is 10.6 Å². The molecule has 0 amide bonds. The van der Waals surface area contributed by atoms with Crippen LogP contribution in [-0.4, -0.2) is 39.5 Å². The number of nitrogens with zero attached hydrogens (tertiary/aromatic N) is 1. The molecular formula is C13H22FN3O2S. The Labute approximate surface area is 120 Å². The second-order valence-electron chi connectivity index (χ2n) is 4.56. The standard InChI is InChI=1S/C13H22FN3O2S/c1-4-17(5-2)7-6-16-20(18,19)13-9-12(15)10(3)8-11(13)14/h8-9,16H,4-7,15H2,1-3H3. The Balaban J connectivity index is 2.82. The van der Waals surface area contributed by atoms with E-state index < -0.39 is 20.7 Å². The number of hydrogen-bond acceptors (Lipinski definition) is 4. The number of anilines is 1. The fraction of sp³-hybridized carbons (Fsp3) is 0.538. The molecule has 20 heavy (non-hydrogen) atoms. The number of nitrogens with one attached hydrogen (secondary N) is 1. The maximum Gasteiger partial charge on any atom is 0.243 e. The molecule has 0 spiro atoms. The van der Waals surface area contributed by atoms with Gasteiger partial charge in [-0.15, -0.1) is 0 Å². The van der Waals surface area contributed by atoms with E-state index in [4.69, 9.17) is 5.73 Å². The maximum absolute atomic E-state index is 13.8. The van der Waals surface area contributed by atoms with Gasteiger partial charge in [0.1, 0.15) is 10.7 Å². The smallest absolute Gasteiger partial charge is 0.243 e. The predicted octanol–water partition coefficient (Wildman–Crippen LogP) is 1.34. The van der Waals surface area contributed by atoms with Crippen molar-refractivity contribution in [3.05, 3.63) is 23.5 Å². The minimum absolute atomic E-state index is 0.233. The Morgan fingerprint density at radius 1 is 1.30 bits per heavy atom. The number of likely N-dealkylation sites (N-methyl/N-ethyl adjacent to an activating group) is 1. The molecule has 0 aliphatic carbocycles. The lowest BCUT2D eigenvalue weighted by atomic mass is 10.2. The van der Waals surface area contributed by atoms with Crippen molar-refractivity contribution < 1.29 is 12.8 Å². The molecule has 1 aromatic rings. The van der Waals surface area contributed by atoms with Crippen LogP contribution in [0.3, 0.4) is 0 Å². The highest BCUT2D eigenvalue weighted by molar-refractivity contribution is 7.89. The lowest BCUT2D eigenvalue weighted by Gasteiger charge is -2.18. The van der Waals surface area contributed by atoms with Gasteiger partial charge in [-0.05, 0) is 37.7 Å². The van der Waals surface area contributed by atoms with Crippen molar-refractivity contribution in [1.82, 2.24) is 9.62 Å². The van der Waals surface area contributed by atoms with Gasteiger partial charge in [-0.1, -0.05) is 13.8 Å². The molecule has 0 aliphatic heterocycles. The quantitative estimate of drug-likeness (QED) is 0.745. The van der Waals surface area contributed by atoms with Gasteiger partial charge in [0, 0.05) is 18.8 Å². The number of aryl methyl sites for hydroxylation is 1. The summed E-state index contributed by atoms with van der Waals surface area (Å²) in [4.78, 5) is 1.67. The van der Waals surface area contributed by atoms with Crippen LogP contribution in [0.2, 0.25) is 0 Å². The Morgan fingerprint density at radius 2 is 1.90 bits per heavy atom. The SMILES string of the molecule is CCN(CC)CCNS(=O)(=O)c1cc(N)c(C)cc1F. The van der Waals surface area contributed by atoms with E-state index in [1.54, 1.807) is 6.92 Å². The topological polar surface area (TPSA) is 75.4 Å². The molecule has 0 saturated heterocycles. The van der Waals surface area contributed by atoms with Crippen molar-refractivity contribution in [2.75, 3.05) is 31.9 Å². The maximum atomic E-state index is 13.8. The minimum atomic E-state index is -3.87. The summed E-state index contributed by atoms with van der Waals surface area (Å²) in [7, 11) is -3.87. The number of hydrogen-bond donors (Lipinski definition) is 2. The average Bonchev–Trinajstić information content (AvgIpc) is 2.38. The summed E-state index contributed by atoms with van der Waals surface area (Å²) >= 11 is 0. The minimum Gasteiger partial charge on any atom is -0.398 e. The first-order valence-corrected chi connectivity index (χ1v) is 8.07. The first kappa shape index (κ1) is 16.9. The molecular weight excluding hydrogens is 281 g/mol. The molecule has 1 rings (SSSR count). The van der Waals surface area contributed by atoms with Gasteiger partial charge in [0.2, 0.25) is 10.0 Å². The molecule has 0 bridgehead atoms. The molecule has 0 saturated carbocycles. The first-order valence-electron chi connectivity index (χ1n) is 6.59. The molecule has 0 aliphatic rings. The van der Waals surface area contributed by atoms with E-state index in [0.717, 1.165) is 25.2 Å². The second-order valence-corrected chi connectivity index (χ2v) is 6.30. The summed E-state index contributed by atoms with van der Waals surface area (Å²) in [5.41, 5.74) is 6.42. The van der Waals surface area contributed by atoms with Crippen LogP contribution >= 0.6 is 0 Å². The zero-order valence-corrected chi connectivity index (χ0v) is 12.9. The fourth-order valence-corrected chi connectivity index (χ4v) is 2.94. The largest absolute Gasteiger partial charge is 0.398 e. The Morgan fingerprint density at radius 3 is 2.45 bits per heavy atom. The predicted molar refractivity (Wildman–Crippen MR) is 78.5 cm³/mol. The summed E-state index contributed by atoms with van der Waals surface area (Å²) < 4.78 is 40.3. The van der Waals surface area contributed by atoms with Crippen molar-refractivity contribution >= 4 is 15.7 Å². The zero-order valence-electron chi connectivity index (χ0n) is 12.1. The van der Waals surface area contributed by atoms with E-state index in [0.29, 0.717) is 12.1 Å². The van der Waals surface area contributed by atoms with E-state index in [9.17, 15) is 12.8 Å². The van der Waals surface area contributed by atoms with Crippen LogP contribution in [0.5, 0.6) is 0 Å².